The second-order valence-electron chi connectivity index (χ2n) is 6.49. The van der Waals surface area contributed by atoms with Crippen molar-refractivity contribution in [1.29, 1.82) is 0 Å². The number of para-hydroxylation sites is 1. The highest BCUT2D eigenvalue weighted by atomic mass is 32.3. The fraction of sp³-hybridized carbons (Fsp3) is 0.368. The van der Waals surface area contributed by atoms with Gasteiger partial charge < -0.3 is 5.32 Å². The predicted molar refractivity (Wildman–Crippen MR) is 103 cm³/mol. The van der Waals surface area contributed by atoms with Crippen molar-refractivity contribution in [2.24, 2.45) is 0 Å². The number of rotatable bonds is 5. The van der Waals surface area contributed by atoms with Crippen LogP contribution in [0.5, 0.6) is 0 Å². The lowest BCUT2D eigenvalue weighted by Gasteiger charge is -2.53. The van der Waals surface area contributed by atoms with Crippen LogP contribution in [0.25, 0.3) is 0 Å². The van der Waals surface area contributed by atoms with Crippen LogP contribution in [0.4, 0.5) is 15.8 Å². The van der Waals surface area contributed by atoms with Crippen molar-refractivity contribution in [2.75, 3.05) is 17.9 Å². The van der Waals surface area contributed by atoms with Crippen molar-refractivity contribution >= 4 is 22.2 Å². The average molecular weight is 364 g/mol. The molecule has 3 N–H and O–H groups in total. The van der Waals surface area contributed by atoms with Gasteiger partial charge in [0, 0.05) is 0 Å². The second kappa shape index (κ2) is 7.33. The maximum atomic E-state index is 13.8. The van der Waals surface area contributed by atoms with Gasteiger partial charge in [0.1, 0.15) is 5.82 Å². The first kappa shape index (κ1) is 18.2. The summed E-state index contributed by atoms with van der Waals surface area (Å²) < 4.78 is 37.7. The van der Waals surface area contributed by atoms with E-state index in [1.807, 2.05) is 38.2 Å². The summed E-state index contributed by atoms with van der Waals surface area (Å²) >= 11 is 0. The van der Waals surface area contributed by atoms with Crippen LogP contribution in [0, 0.1) is 12.7 Å². The summed E-state index contributed by atoms with van der Waals surface area (Å²) in [6, 6.07) is 12.2. The van der Waals surface area contributed by atoms with Gasteiger partial charge >= 0.3 is 0 Å². The molecule has 25 heavy (non-hydrogen) atoms. The molecule has 0 bridgehead atoms. The number of halogens is 1. The summed E-state index contributed by atoms with van der Waals surface area (Å²) in [5.41, 5.74) is 3.21. The molecule has 3 rings (SSSR count). The number of benzene rings is 2. The van der Waals surface area contributed by atoms with Gasteiger partial charge in [-0.3, -0.25) is 9.11 Å². The molecule has 0 unspecified atom stereocenters. The Labute approximate surface area is 150 Å². The summed E-state index contributed by atoms with van der Waals surface area (Å²) in [7, 11) is -1.19. The Hall–Kier alpha value is -1.60. The van der Waals surface area contributed by atoms with E-state index in [1.54, 1.807) is 10.4 Å². The van der Waals surface area contributed by atoms with Crippen molar-refractivity contribution in [3.63, 3.8) is 0 Å². The van der Waals surface area contributed by atoms with Gasteiger partial charge in [0.25, 0.3) is 0 Å². The lowest BCUT2D eigenvalue weighted by atomic mass is 10.0. The van der Waals surface area contributed by atoms with Crippen molar-refractivity contribution in [3.8, 4) is 0 Å². The molecule has 0 fully saturated rings. The van der Waals surface area contributed by atoms with E-state index >= 15 is 0 Å². The van der Waals surface area contributed by atoms with Crippen molar-refractivity contribution in [1.82, 2.24) is 5.32 Å². The first-order valence-electron chi connectivity index (χ1n) is 8.51. The number of hydrogen-bond donors (Lipinski definition) is 3. The van der Waals surface area contributed by atoms with Gasteiger partial charge in [0.05, 0.1) is 16.6 Å². The lowest BCUT2D eigenvalue weighted by Crippen LogP contribution is -2.38. The summed E-state index contributed by atoms with van der Waals surface area (Å²) in [4.78, 5) is 0. The number of nitrogens with one attached hydrogen (secondary N) is 1. The smallest absolute Gasteiger partial charge is 0.123 e. The molecule has 0 aromatic heterocycles. The van der Waals surface area contributed by atoms with Gasteiger partial charge in [-0.25, -0.2) is 8.70 Å². The normalized spacial score (nSPS) is 20.2. The molecule has 4 nitrogen and oxygen atoms in total. The molecule has 0 saturated heterocycles. The summed E-state index contributed by atoms with van der Waals surface area (Å²) in [6.45, 7) is 2.76. The molecule has 6 heteroatoms. The minimum absolute atomic E-state index is 0.296. The van der Waals surface area contributed by atoms with Crippen LogP contribution in [0.15, 0.2) is 42.5 Å². The van der Waals surface area contributed by atoms with E-state index in [9.17, 15) is 13.5 Å². The van der Waals surface area contributed by atoms with Gasteiger partial charge in [0.15, 0.2) is 0 Å². The van der Waals surface area contributed by atoms with Crippen LogP contribution < -0.4 is 9.62 Å². The summed E-state index contributed by atoms with van der Waals surface area (Å²) in [6.07, 6.45) is 1.98. The molecule has 1 aliphatic heterocycles. The molecule has 1 aliphatic rings. The van der Waals surface area contributed by atoms with Gasteiger partial charge in [-0.05, 0) is 75.2 Å². The molecule has 2 aromatic rings. The first-order valence-corrected chi connectivity index (χ1v) is 10.1. The molecule has 0 saturated carbocycles. The number of aryl methyl sites for hydroxylation is 1. The van der Waals surface area contributed by atoms with E-state index in [0.717, 1.165) is 29.8 Å². The molecule has 136 valence electrons. The minimum atomic E-state index is -3.06. The number of nitrogens with zero attached hydrogens (tertiary/aromatic N) is 1. The molecular formula is C19H25FN2O2S. The van der Waals surface area contributed by atoms with Crippen LogP contribution in [-0.4, -0.2) is 27.9 Å². The van der Waals surface area contributed by atoms with E-state index < -0.39 is 10.8 Å². The van der Waals surface area contributed by atoms with Crippen molar-refractivity contribution < 1.29 is 13.5 Å². The topological polar surface area (TPSA) is 55.7 Å². The molecule has 0 aliphatic carbocycles. The molecule has 2 aromatic carbocycles. The highest BCUT2D eigenvalue weighted by Gasteiger charge is 2.39. The Bertz CT molecular complexity index is 754. The predicted octanol–water partition coefficient (Wildman–Crippen LogP) is 4.86. The summed E-state index contributed by atoms with van der Waals surface area (Å²) in [5.74, 6) is -0.296. The highest BCUT2D eigenvalue weighted by Crippen LogP contribution is 2.61. The van der Waals surface area contributed by atoms with E-state index in [0.29, 0.717) is 18.5 Å². The second-order valence-corrected chi connectivity index (χ2v) is 8.64. The van der Waals surface area contributed by atoms with Crippen molar-refractivity contribution in [2.45, 2.75) is 31.4 Å². The minimum Gasteiger partial charge on any atom is -0.320 e. The van der Waals surface area contributed by atoms with Gasteiger partial charge in [0.2, 0.25) is 0 Å². The van der Waals surface area contributed by atoms with Crippen LogP contribution in [-0.2, 0) is 6.42 Å². The van der Waals surface area contributed by atoms with Crippen LogP contribution in [0.3, 0.4) is 0 Å². The molecule has 0 radical (unpaired) electrons. The molecule has 1 atom stereocenters. The van der Waals surface area contributed by atoms with Gasteiger partial charge in [-0.1, -0.05) is 18.2 Å². The Kier molecular flexibility index (Phi) is 5.34. The van der Waals surface area contributed by atoms with Crippen LogP contribution in [0.2, 0.25) is 0 Å². The molecule has 0 spiro atoms. The number of anilines is 2. The molecule has 1 heterocycles. The number of fused-ring (bicyclic) bond motifs is 1. The van der Waals surface area contributed by atoms with E-state index in [1.165, 1.54) is 12.1 Å². The number of hydrogen-bond acceptors (Lipinski definition) is 4. The first-order chi connectivity index (χ1) is 11.9. The van der Waals surface area contributed by atoms with Gasteiger partial charge in [-0.2, -0.15) is 0 Å². The fourth-order valence-corrected chi connectivity index (χ4v) is 5.55. The Morgan fingerprint density at radius 2 is 1.96 bits per heavy atom. The average Bonchev–Trinajstić information content (AvgIpc) is 2.57. The van der Waals surface area contributed by atoms with E-state index in [2.05, 4.69) is 5.32 Å². The third-order valence-corrected chi connectivity index (χ3v) is 6.94. The van der Waals surface area contributed by atoms with E-state index in [4.69, 9.17) is 0 Å². The molecule has 0 amide bonds. The zero-order chi connectivity index (χ0) is 18.0. The maximum absolute atomic E-state index is 13.8. The third kappa shape index (κ3) is 3.53. The lowest BCUT2D eigenvalue weighted by molar-refractivity contribution is 0.454. The maximum Gasteiger partial charge on any atom is 0.123 e. The SMILES string of the molecule is CNCCC[C@H]1Cc2cc(F)ccc2N(c2ccccc2C)S1(O)O. The standard InChI is InChI=1S/C19H25FN2O2S/c1-14-6-3-4-8-18(14)22-19-10-9-16(20)12-15(19)13-17(25(22,23)24)7-5-11-21-2/h3-4,6,8-10,12,17,21,23-24H,5,7,11,13H2,1-2H3/t17-/m0/s1. The third-order valence-electron chi connectivity index (χ3n) is 4.71. The Morgan fingerprint density at radius 1 is 1.20 bits per heavy atom. The van der Waals surface area contributed by atoms with Crippen molar-refractivity contribution in [3.05, 3.63) is 59.4 Å². The molecular weight excluding hydrogens is 339 g/mol. The highest BCUT2D eigenvalue weighted by molar-refractivity contribution is 8.26. The van der Waals surface area contributed by atoms with Crippen LogP contribution in [0.1, 0.15) is 24.0 Å². The Morgan fingerprint density at radius 3 is 2.68 bits per heavy atom. The quantitative estimate of drug-likeness (QED) is 0.663. The van der Waals surface area contributed by atoms with Gasteiger partial charge in [-0.15, -0.1) is 10.8 Å². The zero-order valence-electron chi connectivity index (χ0n) is 14.6. The largest absolute Gasteiger partial charge is 0.320 e. The van der Waals surface area contributed by atoms with Crippen LogP contribution >= 0.6 is 10.8 Å². The van der Waals surface area contributed by atoms with E-state index in [-0.39, 0.29) is 11.1 Å². The monoisotopic (exact) mass is 364 g/mol. The Balaban J connectivity index is 2.08. The zero-order valence-corrected chi connectivity index (χ0v) is 15.4. The fourth-order valence-electron chi connectivity index (χ4n) is 3.40. The summed E-state index contributed by atoms with van der Waals surface area (Å²) in [5, 5.41) is 2.76.